The zero-order valence-corrected chi connectivity index (χ0v) is 22.8. The van der Waals surface area contributed by atoms with E-state index in [1.807, 2.05) is 26.0 Å². The fraction of sp³-hybridized carbons (Fsp3) is 0.533. The Balaban J connectivity index is 1.97. The standard InChI is InChI=1S/C30H37F3O6/c1-19-10-9-11-20(2)18-24-23(21(3)26(34)38-24)16-17-28(4,36)25(15-14-19)39-27(35)29(37-5,30(31,32)33)22-12-7-6-8-13-22/h6-8,10,12-13,18,23-25,36H,3,9,11,14-17H2,1-2,4-5H3/b19-10+,20-18+/t23-,24-,25-,28+,29-/m0/s1. The molecule has 1 aliphatic heterocycles. The molecular weight excluding hydrogens is 513 g/mol. The minimum absolute atomic E-state index is 0.0226. The SMILES string of the molecule is C=C1C(=O)O[C@H]2/C=C(\C)CC/C=C(\C)CC[C@H](OC(=O)[C@@](OC)(c3ccccc3)C(F)(F)F)[C@](C)(O)CC[C@@H]12. The number of carbonyl (C=O) groups is 2. The van der Waals surface area contributed by atoms with Gasteiger partial charge in [0.05, 0.1) is 5.60 Å². The van der Waals surface area contributed by atoms with Gasteiger partial charge in [-0.2, -0.15) is 13.2 Å². The molecule has 0 unspecified atom stereocenters. The lowest BCUT2D eigenvalue weighted by atomic mass is 9.82. The van der Waals surface area contributed by atoms with Crippen molar-refractivity contribution < 1.29 is 42.1 Å². The van der Waals surface area contributed by atoms with Gasteiger partial charge in [0.25, 0.3) is 5.60 Å². The van der Waals surface area contributed by atoms with Gasteiger partial charge in [-0.3, -0.25) is 0 Å². The van der Waals surface area contributed by atoms with E-state index in [1.165, 1.54) is 25.1 Å². The van der Waals surface area contributed by atoms with Crippen molar-refractivity contribution in [3.05, 3.63) is 71.3 Å². The highest BCUT2D eigenvalue weighted by Crippen LogP contribution is 2.44. The van der Waals surface area contributed by atoms with E-state index in [0.29, 0.717) is 12.8 Å². The summed E-state index contributed by atoms with van der Waals surface area (Å²) in [5.74, 6) is -2.60. The van der Waals surface area contributed by atoms with Crippen LogP contribution in [0.1, 0.15) is 64.9 Å². The summed E-state index contributed by atoms with van der Waals surface area (Å²) >= 11 is 0. The van der Waals surface area contributed by atoms with Crippen molar-refractivity contribution in [1.29, 1.82) is 0 Å². The van der Waals surface area contributed by atoms with Crippen LogP contribution in [0.2, 0.25) is 0 Å². The van der Waals surface area contributed by atoms with E-state index in [4.69, 9.17) is 14.2 Å². The molecule has 39 heavy (non-hydrogen) atoms. The number of carbonyl (C=O) groups excluding carboxylic acids is 2. The molecule has 6 nitrogen and oxygen atoms in total. The molecule has 9 heteroatoms. The summed E-state index contributed by atoms with van der Waals surface area (Å²) in [4.78, 5) is 25.7. The second-order valence-electron chi connectivity index (χ2n) is 10.7. The molecule has 0 spiro atoms. The van der Waals surface area contributed by atoms with Crippen LogP contribution in [0.4, 0.5) is 13.2 Å². The summed E-state index contributed by atoms with van der Waals surface area (Å²) in [6.45, 7) is 9.13. The molecule has 1 fully saturated rings. The van der Waals surface area contributed by atoms with Crippen LogP contribution in [0, 0.1) is 5.92 Å². The van der Waals surface area contributed by atoms with Crippen LogP contribution in [0.15, 0.2) is 65.8 Å². The lowest BCUT2D eigenvalue weighted by Gasteiger charge is -2.38. The zero-order valence-electron chi connectivity index (χ0n) is 22.8. The Kier molecular flexibility index (Phi) is 9.49. The Morgan fingerprint density at radius 2 is 1.79 bits per heavy atom. The van der Waals surface area contributed by atoms with Gasteiger partial charge in [-0.25, -0.2) is 9.59 Å². The van der Waals surface area contributed by atoms with Crippen LogP contribution in [-0.4, -0.2) is 48.1 Å². The van der Waals surface area contributed by atoms with Gasteiger partial charge in [0, 0.05) is 24.2 Å². The minimum atomic E-state index is -5.14. The largest absolute Gasteiger partial charge is 0.457 e. The average Bonchev–Trinajstić information content (AvgIpc) is 3.12. The number of fused-ring (bicyclic) bond motifs is 1. The number of alkyl halides is 3. The summed E-state index contributed by atoms with van der Waals surface area (Å²) in [7, 11) is 0.804. The number of aliphatic hydroxyl groups is 1. The maximum Gasteiger partial charge on any atom is 0.432 e. The highest BCUT2D eigenvalue weighted by molar-refractivity contribution is 5.91. The number of allylic oxidation sites excluding steroid dienone is 3. The Labute approximate surface area is 227 Å². The first kappa shape index (κ1) is 30.6. The van der Waals surface area contributed by atoms with Gasteiger partial charge in [0.1, 0.15) is 12.2 Å². The van der Waals surface area contributed by atoms with E-state index in [0.717, 1.165) is 36.8 Å². The quantitative estimate of drug-likeness (QED) is 0.277. The van der Waals surface area contributed by atoms with Crippen LogP contribution in [0.3, 0.4) is 0 Å². The molecule has 0 saturated carbocycles. The van der Waals surface area contributed by atoms with Crippen molar-refractivity contribution in [2.24, 2.45) is 5.92 Å². The van der Waals surface area contributed by atoms with Crippen LogP contribution in [-0.2, 0) is 29.4 Å². The second-order valence-corrected chi connectivity index (χ2v) is 10.7. The van der Waals surface area contributed by atoms with Crippen LogP contribution < -0.4 is 0 Å². The van der Waals surface area contributed by atoms with E-state index in [9.17, 15) is 27.9 Å². The van der Waals surface area contributed by atoms with Crippen molar-refractivity contribution in [1.82, 2.24) is 0 Å². The van der Waals surface area contributed by atoms with Gasteiger partial charge < -0.3 is 19.3 Å². The molecule has 0 bridgehead atoms. The molecule has 0 amide bonds. The molecule has 1 aliphatic carbocycles. The third-order valence-electron chi connectivity index (χ3n) is 7.71. The molecule has 2 aliphatic rings. The van der Waals surface area contributed by atoms with E-state index in [-0.39, 0.29) is 24.8 Å². The molecule has 0 radical (unpaired) electrons. The number of hydrogen-bond donors (Lipinski definition) is 1. The lowest BCUT2D eigenvalue weighted by Crippen LogP contribution is -2.54. The predicted molar refractivity (Wildman–Crippen MR) is 139 cm³/mol. The average molecular weight is 551 g/mol. The normalized spacial score (nSPS) is 31.4. The summed E-state index contributed by atoms with van der Waals surface area (Å²) in [6.07, 6.45) is -0.891. The Morgan fingerprint density at radius 1 is 1.13 bits per heavy atom. The van der Waals surface area contributed by atoms with Crippen LogP contribution in [0.25, 0.3) is 0 Å². The topological polar surface area (TPSA) is 82.1 Å². The van der Waals surface area contributed by atoms with Gasteiger partial charge in [-0.1, -0.05) is 54.1 Å². The highest BCUT2D eigenvalue weighted by Gasteiger charge is 2.64. The summed E-state index contributed by atoms with van der Waals surface area (Å²) in [5, 5.41) is 11.5. The fourth-order valence-electron chi connectivity index (χ4n) is 5.20. The first-order valence-corrected chi connectivity index (χ1v) is 13.1. The molecule has 214 valence electrons. The first-order valence-electron chi connectivity index (χ1n) is 13.1. The minimum Gasteiger partial charge on any atom is -0.457 e. The zero-order chi connectivity index (χ0) is 29.0. The van der Waals surface area contributed by atoms with E-state index >= 15 is 0 Å². The number of esters is 2. The van der Waals surface area contributed by atoms with Crippen LogP contribution in [0.5, 0.6) is 0 Å². The van der Waals surface area contributed by atoms with Crippen molar-refractivity contribution in [3.63, 3.8) is 0 Å². The molecule has 1 heterocycles. The molecule has 1 saturated heterocycles. The monoisotopic (exact) mass is 550 g/mol. The predicted octanol–water partition coefficient (Wildman–Crippen LogP) is 6.10. The third-order valence-corrected chi connectivity index (χ3v) is 7.71. The number of benzene rings is 1. The molecule has 3 rings (SSSR count). The van der Waals surface area contributed by atoms with E-state index in [2.05, 4.69) is 6.58 Å². The van der Waals surface area contributed by atoms with Crippen molar-refractivity contribution >= 4 is 11.9 Å². The number of halogens is 3. The van der Waals surface area contributed by atoms with Crippen molar-refractivity contribution in [3.8, 4) is 0 Å². The molecular formula is C30H37F3O6. The van der Waals surface area contributed by atoms with Crippen LogP contribution >= 0.6 is 0 Å². The molecule has 5 atom stereocenters. The molecule has 1 aromatic carbocycles. The molecule has 0 aromatic heterocycles. The van der Waals surface area contributed by atoms with Gasteiger partial charge in [-0.15, -0.1) is 0 Å². The third kappa shape index (κ3) is 6.64. The first-order chi connectivity index (χ1) is 18.2. The fourth-order valence-corrected chi connectivity index (χ4v) is 5.20. The van der Waals surface area contributed by atoms with Crippen molar-refractivity contribution in [2.45, 2.75) is 88.9 Å². The lowest BCUT2D eigenvalue weighted by molar-refractivity contribution is -0.281. The highest BCUT2D eigenvalue weighted by atomic mass is 19.4. The summed E-state index contributed by atoms with van der Waals surface area (Å²) in [6, 6.07) is 6.57. The van der Waals surface area contributed by atoms with Gasteiger partial charge in [0.2, 0.25) is 0 Å². The van der Waals surface area contributed by atoms with Gasteiger partial charge in [0.15, 0.2) is 0 Å². The number of rotatable bonds is 4. The molecule has 1 N–H and O–H groups in total. The number of hydrogen-bond acceptors (Lipinski definition) is 6. The summed E-state index contributed by atoms with van der Waals surface area (Å²) < 4.78 is 59.3. The molecule has 1 aromatic rings. The second kappa shape index (κ2) is 12.1. The van der Waals surface area contributed by atoms with Gasteiger partial charge >= 0.3 is 18.1 Å². The Bertz CT molecular complexity index is 1120. The van der Waals surface area contributed by atoms with E-state index in [1.54, 1.807) is 0 Å². The maximum atomic E-state index is 14.5. The van der Waals surface area contributed by atoms with E-state index < -0.39 is 53.0 Å². The summed E-state index contributed by atoms with van der Waals surface area (Å²) in [5.41, 5.74) is -3.25. The maximum absolute atomic E-state index is 14.5. The smallest absolute Gasteiger partial charge is 0.432 e. The number of methoxy groups -OCH3 is 1. The Morgan fingerprint density at radius 3 is 2.41 bits per heavy atom. The Hall–Kier alpha value is -2.91. The number of ether oxygens (including phenoxy) is 3. The van der Waals surface area contributed by atoms with Crippen molar-refractivity contribution in [2.75, 3.05) is 7.11 Å². The van der Waals surface area contributed by atoms with Gasteiger partial charge in [-0.05, 0) is 65.4 Å².